The predicted molar refractivity (Wildman–Crippen MR) is 87.4 cm³/mol. The molecule has 1 fully saturated rings. The molecule has 5 heteroatoms. The van der Waals surface area contributed by atoms with Crippen LogP contribution in [0.2, 0.25) is 0 Å². The van der Waals surface area contributed by atoms with Gasteiger partial charge in [0.05, 0.1) is 5.56 Å². The normalized spacial score (nSPS) is 21.6. The van der Waals surface area contributed by atoms with Gasteiger partial charge in [0.15, 0.2) is 6.61 Å². The van der Waals surface area contributed by atoms with Crippen LogP contribution in [0, 0.1) is 5.92 Å². The number of rotatable bonds is 5. The van der Waals surface area contributed by atoms with Crippen molar-refractivity contribution in [1.82, 2.24) is 5.32 Å². The van der Waals surface area contributed by atoms with Crippen LogP contribution in [-0.4, -0.2) is 23.5 Å². The molecule has 21 heavy (non-hydrogen) atoms. The number of carbonyl (C=O) groups excluding carboxylic acids is 1. The van der Waals surface area contributed by atoms with Crippen LogP contribution >= 0.6 is 12.2 Å². The molecule has 114 valence electrons. The molecule has 1 saturated carbocycles. The molecule has 2 rings (SSSR count). The molecule has 4 nitrogen and oxygen atoms in total. The van der Waals surface area contributed by atoms with Crippen molar-refractivity contribution >= 4 is 23.1 Å². The maximum Gasteiger partial charge on any atom is 0.258 e. The minimum Gasteiger partial charge on any atom is -0.483 e. The average Bonchev–Trinajstić information content (AvgIpc) is 2.48. The first-order valence-electron chi connectivity index (χ1n) is 7.37. The molecule has 1 aliphatic rings. The zero-order chi connectivity index (χ0) is 15.2. The molecule has 0 heterocycles. The van der Waals surface area contributed by atoms with Crippen LogP contribution in [0.5, 0.6) is 5.75 Å². The smallest absolute Gasteiger partial charge is 0.258 e. The summed E-state index contributed by atoms with van der Waals surface area (Å²) in [5, 5.41) is 3.03. The van der Waals surface area contributed by atoms with E-state index < -0.39 is 0 Å². The third-order valence-corrected chi connectivity index (χ3v) is 4.11. The second-order valence-electron chi connectivity index (χ2n) is 5.67. The Labute approximate surface area is 131 Å². The summed E-state index contributed by atoms with van der Waals surface area (Å²) in [6, 6.07) is 7.51. The Kier molecular flexibility index (Phi) is 5.56. The van der Waals surface area contributed by atoms with Crippen molar-refractivity contribution in [3.63, 3.8) is 0 Å². The number of nitrogens with one attached hydrogen (secondary N) is 1. The van der Waals surface area contributed by atoms with Gasteiger partial charge in [-0.15, -0.1) is 0 Å². The van der Waals surface area contributed by atoms with E-state index in [1.807, 2.05) is 12.1 Å². The van der Waals surface area contributed by atoms with Crippen molar-refractivity contribution < 1.29 is 9.53 Å². The number of carbonyl (C=O) groups is 1. The van der Waals surface area contributed by atoms with Gasteiger partial charge in [0.25, 0.3) is 5.91 Å². The molecule has 0 saturated heterocycles. The fourth-order valence-electron chi connectivity index (χ4n) is 2.61. The fourth-order valence-corrected chi connectivity index (χ4v) is 2.78. The maximum absolute atomic E-state index is 11.9. The molecule has 1 aromatic carbocycles. The van der Waals surface area contributed by atoms with E-state index in [9.17, 15) is 4.79 Å². The molecule has 0 atom stereocenters. The number of hydrogen-bond donors (Lipinski definition) is 2. The number of hydrogen-bond acceptors (Lipinski definition) is 3. The van der Waals surface area contributed by atoms with Crippen LogP contribution in [-0.2, 0) is 4.79 Å². The lowest BCUT2D eigenvalue weighted by Crippen LogP contribution is -2.40. The summed E-state index contributed by atoms with van der Waals surface area (Å²) in [6.45, 7) is 2.25. The number of amides is 1. The predicted octanol–water partition coefficient (Wildman–Crippen LogP) is 2.39. The van der Waals surface area contributed by atoms with Crippen molar-refractivity contribution in [2.24, 2.45) is 11.7 Å². The number of ether oxygens (including phenoxy) is 1. The standard InChI is InChI=1S/C16H22N2O2S/c1-11-6-8-12(9-7-11)18-15(19)10-20-14-5-3-2-4-13(14)16(17)21/h2-5,11-12H,6-10H2,1H3,(H2,17,21)(H,18,19). The van der Waals surface area contributed by atoms with Crippen LogP contribution in [0.25, 0.3) is 0 Å². The molecule has 1 amide bonds. The monoisotopic (exact) mass is 306 g/mol. The van der Waals surface area contributed by atoms with Crippen molar-refractivity contribution in [3.05, 3.63) is 29.8 Å². The number of thiocarbonyl (C=S) groups is 1. The second kappa shape index (κ2) is 7.41. The molecular weight excluding hydrogens is 284 g/mol. The third kappa shape index (κ3) is 4.70. The molecule has 3 N–H and O–H groups in total. The highest BCUT2D eigenvalue weighted by Gasteiger charge is 2.20. The topological polar surface area (TPSA) is 64.3 Å². The molecule has 1 aromatic rings. The Bertz CT molecular complexity index is 511. The first-order valence-corrected chi connectivity index (χ1v) is 7.78. The van der Waals surface area contributed by atoms with Crippen molar-refractivity contribution in [3.8, 4) is 5.75 Å². The number of para-hydroxylation sites is 1. The lowest BCUT2D eigenvalue weighted by atomic mass is 9.87. The summed E-state index contributed by atoms with van der Waals surface area (Å²) in [5.41, 5.74) is 6.29. The van der Waals surface area contributed by atoms with Gasteiger partial charge >= 0.3 is 0 Å². The largest absolute Gasteiger partial charge is 0.483 e. The third-order valence-electron chi connectivity index (χ3n) is 3.89. The summed E-state index contributed by atoms with van der Waals surface area (Å²) >= 11 is 4.97. The molecule has 1 aliphatic carbocycles. The summed E-state index contributed by atoms with van der Waals surface area (Å²) < 4.78 is 5.54. The Morgan fingerprint density at radius 3 is 2.67 bits per heavy atom. The minimum atomic E-state index is -0.0905. The van der Waals surface area contributed by atoms with Gasteiger partial charge < -0.3 is 15.8 Å². The molecule has 0 aromatic heterocycles. The molecule has 0 radical (unpaired) electrons. The Hall–Kier alpha value is -1.62. The summed E-state index contributed by atoms with van der Waals surface area (Å²) in [4.78, 5) is 12.2. The Balaban J connectivity index is 1.83. The van der Waals surface area contributed by atoms with Gasteiger partial charge in [0, 0.05) is 6.04 Å². The molecule has 0 bridgehead atoms. The van der Waals surface area contributed by atoms with Crippen molar-refractivity contribution in [2.75, 3.05) is 6.61 Å². The first kappa shape index (κ1) is 15.8. The summed E-state index contributed by atoms with van der Waals surface area (Å²) in [5.74, 6) is 1.23. The van der Waals surface area contributed by atoms with Gasteiger partial charge in [-0.05, 0) is 43.7 Å². The van der Waals surface area contributed by atoms with Crippen LogP contribution in [0.1, 0.15) is 38.2 Å². The maximum atomic E-state index is 11.9. The van der Waals surface area contributed by atoms with Gasteiger partial charge in [-0.25, -0.2) is 0 Å². The van der Waals surface area contributed by atoms with Gasteiger partial charge in [-0.1, -0.05) is 31.3 Å². The van der Waals surface area contributed by atoms with E-state index >= 15 is 0 Å². The van der Waals surface area contributed by atoms with E-state index in [1.54, 1.807) is 12.1 Å². The summed E-state index contributed by atoms with van der Waals surface area (Å²) in [6.07, 6.45) is 4.46. The minimum absolute atomic E-state index is 0.00825. The number of benzene rings is 1. The van der Waals surface area contributed by atoms with Crippen LogP contribution < -0.4 is 15.8 Å². The molecule has 0 aliphatic heterocycles. The average molecular weight is 306 g/mol. The lowest BCUT2D eigenvalue weighted by Gasteiger charge is -2.26. The fraction of sp³-hybridized carbons (Fsp3) is 0.500. The van der Waals surface area contributed by atoms with E-state index in [2.05, 4.69) is 12.2 Å². The quantitative estimate of drug-likeness (QED) is 0.820. The van der Waals surface area contributed by atoms with Crippen molar-refractivity contribution in [1.29, 1.82) is 0 Å². The zero-order valence-corrected chi connectivity index (χ0v) is 13.1. The van der Waals surface area contributed by atoms with Crippen LogP contribution in [0.4, 0.5) is 0 Å². The molecule has 0 unspecified atom stereocenters. The van der Waals surface area contributed by atoms with Gasteiger partial charge in [0.2, 0.25) is 0 Å². The molecular formula is C16H22N2O2S. The van der Waals surface area contributed by atoms with Crippen LogP contribution in [0.3, 0.4) is 0 Å². The van der Waals surface area contributed by atoms with E-state index in [4.69, 9.17) is 22.7 Å². The summed E-state index contributed by atoms with van der Waals surface area (Å²) in [7, 11) is 0. The highest BCUT2D eigenvalue weighted by molar-refractivity contribution is 7.80. The zero-order valence-electron chi connectivity index (χ0n) is 12.3. The second-order valence-corrected chi connectivity index (χ2v) is 6.11. The number of nitrogens with two attached hydrogens (primary N) is 1. The SMILES string of the molecule is CC1CCC(NC(=O)COc2ccccc2C(N)=S)CC1. The molecule has 0 spiro atoms. The first-order chi connectivity index (χ1) is 10.1. The van der Waals surface area contributed by atoms with Gasteiger partial charge in [-0.3, -0.25) is 4.79 Å². The van der Waals surface area contributed by atoms with Crippen LogP contribution in [0.15, 0.2) is 24.3 Å². The highest BCUT2D eigenvalue weighted by atomic mass is 32.1. The van der Waals surface area contributed by atoms with E-state index in [0.717, 1.165) is 18.8 Å². The Morgan fingerprint density at radius 2 is 2.00 bits per heavy atom. The highest BCUT2D eigenvalue weighted by Crippen LogP contribution is 2.23. The van der Waals surface area contributed by atoms with E-state index in [1.165, 1.54) is 12.8 Å². The lowest BCUT2D eigenvalue weighted by molar-refractivity contribution is -0.124. The van der Waals surface area contributed by atoms with E-state index in [0.29, 0.717) is 11.3 Å². The van der Waals surface area contributed by atoms with Gasteiger partial charge in [-0.2, -0.15) is 0 Å². The van der Waals surface area contributed by atoms with E-state index in [-0.39, 0.29) is 23.5 Å². The van der Waals surface area contributed by atoms with Crippen molar-refractivity contribution in [2.45, 2.75) is 38.6 Å². The Morgan fingerprint density at radius 1 is 1.33 bits per heavy atom. The van der Waals surface area contributed by atoms with Gasteiger partial charge in [0.1, 0.15) is 10.7 Å².